The Kier molecular flexibility index (Phi) is 6.21. The summed E-state index contributed by atoms with van der Waals surface area (Å²) in [7, 11) is 0. The number of aryl methyl sites for hydroxylation is 1. The van der Waals surface area contributed by atoms with Gasteiger partial charge in [0.05, 0.1) is 10.6 Å². The first kappa shape index (κ1) is 19.4. The summed E-state index contributed by atoms with van der Waals surface area (Å²) in [4.78, 5) is 29.7. The van der Waals surface area contributed by atoms with Gasteiger partial charge in [0.1, 0.15) is 6.04 Å². The number of benzene rings is 1. The molecule has 0 amide bonds. The molecule has 0 N–H and O–H groups in total. The molecule has 1 atom stereocenters. The number of hydrogen-bond donors (Lipinski definition) is 0. The third kappa shape index (κ3) is 4.81. The van der Waals surface area contributed by atoms with Crippen molar-refractivity contribution >= 4 is 33.4 Å². The van der Waals surface area contributed by atoms with Gasteiger partial charge in [-0.1, -0.05) is 27.7 Å². The number of nitrogens with zero attached hydrogens (tertiary/aromatic N) is 3. The molecule has 0 radical (unpaired) electrons. The van der Waals surface area contributed by atoms with Crippen LogP contribution in [-0.4, -0.2) is 32.7 Å². The lowest BCUT2D eigenvalue weighted by Gasteiger charge is -2.27. The minimum Gasteiger partial charge on any atom is -0.340 e. The molecule has 1 saturated heterocycles. The quantitative estimate of drug-likeness (QED) is 0.548. The van der Waals surface area contributed by atoms with Crippen molar-refractivity contribution in [2.75, 3.05) is 6.54 Å². The lowest BCUT2D eigenvalue weighted by atomic mass is 10.0. The zero-order chi connectivity index (χ0) is 18.7. The number of hydrogen-bond acceptors (Lipinski definition) is 5. The molecule has 6 nitrogen and oxygen atoms in total. The van der Waals surface area contributed by atoms with Gasteiger partial charge in [0.25, 0.3) is 5.69 Å². The van der Waals surface area contributed by atoms with Crippen LogP contribution in [0.5, 0.6) is 0 Å². The molecule has 1 aliphatic heterocycles. The molecule has 0 aromatic heterocycles. The summed E-state index contributed by atoms with van der Waals surface area (Å²) < 4.78 is 0. The molecule has 0 aliphatic carbocycles. The molecule has 1 aliphatic rings. The first-order valence-electron chi connectivity index (χ1n) is 8.51. The third-order valence-corrected chi connectivity index (χ3v) is 4.93. The van der Waals surface area contributed by atoms with E-state index in [1.807, 2.05) is 0 Å². The number of nitro benzene ring substituents is 1. The summed E-state index contributed by atoms with van der Waals surface area (Å²) >= 11 is 1.18. The van der Waals surface area contributed by atoms with Crippen molar-refractivity contribution in [3.8, 4) is 0 Å². The Labute approximate surface area is 152 Å². The van der Waals surface area contributed by atoms with Gasteiger partial charge >= 0.3 is 0 Å². The second kappa shape index (κ2) is 7.99. The predicted octanol–water partition coefficient (Wildman–Crippen LogP) is 4.54. The van der Waals surface area contributed by atoms with Gasteiger partial charge in [-0.2, -0.15) is 0 Å². The highest BCUT2D eigenvalue weighted by atomic mass is 32.2. The number of rotatable bonds is 6. The van der Waals surface area contributed by atoms with Gasteiger partial charge in [-0.15, -0.1) is 0 Å². The van der Waals surface area contributed by atoms with Crippen LogP contribution in [0.1, 0.15) is 39.7 Å². The van der Waals surface area contributed by atoms with Crippen LogP contribution in [0, 0.1) is 28.9 Å². The van der Waals surface area contributed by atoms with Crippen LogP contribution in [-0.2, 0) is 4.79 Å². The summed E-state index contributed by atoms with van der Waals surface area (Å²) in [5, 5.41) is 11.7. The Balaban J connectivity index is 2.36. The first-order chi connectivity index (χ1) is 11.7. The van der Waals surface area contributed by atoms with Crippen molar-refractivity contribution in [3.63, 3.8) is 0 Å². The molecule has 2 rings (SSSR count). The molecule has 1 fully saturated rings. The molecular weight excluding hydrogens is 338 g/mol. The van der Waals surface area contributed by atoms with Crippen molar-refractivity contribution in [2.24, 2.45) is 16.8 Å². The number of amidine groups is 1. The lowest BCUT2D eigenvalue weighted by molar-refractivity contribution is -0.384. The van der Waals surface area contributed by atoms with E-state index in [-0.39, 0.29) is 16.8 Å². The van der Waals surface area contributed by atoms with E-state index < -0.39 is 4.92 Å². The van der Waals surface area contributed by atoms with Gasteiger partial charge in [0.15, 0.2) is 5.17 Å². The van der Waals surface area contributed by atoms with Crippen molar-refractivity contribution in [2.45, 2.75) is 47.1 Å². The van der Waals surface area contributed by atoms with Crippen molar-refractivity contribution in [1.29, 1.82) is 0 Å². The number of carbonyl (C=O) groups excluding carboxylic acids is 1. The first-order valence-corrected chi connectivity index (χ1v) is 9.32. The largest absolute Gasteiger partial charge is 0.340 e. The topological polar surface area (TPSA) is 75.8 Å². The van der Waals surface area contributed by atoms with Crippen LogP contribution in [0.25, 0.3) is 0 Å². The number of carbonyl (C=O) groups is 1. The maximum absolute atomic E-state index is 12.5. The standard InChI is InChI=1S/C18H25N3O3S/c1-11(2)8-16-17(22)25-18(20(16)10-12(3)4)19-15-7-6-14(21(23)24)9-13(15)5/h6-7,9,11-12,16H,8,10H2,1-5H3. The van der Waals surface area contributed by atoms with E-state index in [1.54, 1.807) is 13.0 Å². The highest BCUT2D eigenvalue weighted by Crippen LogP contribution is 2.33. The van der Waals surface area contributed by atoms with E-state index in [9.17, 15) is 14.9 Å². The highest BCUT2D eigenvalue weighted by Gasteiger charge is 2.38. The Morgan fingerprint density at radius 3 is 2.48 bits per heavy atom. The minimum atomic E-state index is -0.415. The van der Waals surface area contributed by atoms with Gasteiger partial charge in [-0.3, -0.25) is 14.9 Å². The molecule has 0 spiro atoms. The predicted molar refractivity (Wildman–Crippen MR) is 102 cm³/mol. The van der Waals surface area contributed by atoms with Crippen LogP contribution in [0.3, 0.4) is 0 Å². The van der Waals surface area contributed by atoms with Crippen LogP contribution in [0.4, 0.5) is 11.4 Å². The number of aliphatic imine (C=N–C) groups is 1. The summed E-state index contributed by atoms with van der Waals surface area (Å²) in [6.07, 6.45) is 0.802. The Morgan fingerprint density at radius 1 is 1.28 bits per heavy atom. The van der Waals surface area contributed by atoms with Gasteiger partial charge < -0.3 is 4.90 Å². The summed E-state index contributed by atoms with van der Waals surface area (Å²) in [6, 6.07) is 4.46. The smallest absolute Gasteiger partial charge is 0.269 e. The van der Waals surface area contributed by atoms with Gasteiger partial charge in [0.2, 0.25) is 5.12 Å². The van der Waals surface area contributed by atoms with Gasteiger partial charge in [0, 0.05) is 18.7 Å². The van der Waals surface area contributed by atoms with Crippen LogP contribution in [0.2, 0.25) is 0 Å². The van der Waals surface area contributed by atoms with Crippen molar-refractivity contribution in [1.82, 2.24) is 4.90 Å². The van der Waals surface area contributed by atoms with Crippen LogP contribution >= 0.6 is 11.8 Å². The van der Waals surface area contributed by atoms with Crippen molar-refractivity contribution < 1.29 is 9.72 Å². The second-order valence-corrected chi connectivity index (χ2v) is 8.21. The van der Waals surface area contributed by atoms with Crippen molar-refractivity contribution in [3.05, 3.63) is 33.9 Å². The fourth-order valence-electron chi connectivity index (χ4n) is 2.81. The van der Waals surface area contributed by atoms with E-state index in [0.717, 1.165) is 18.5 Å². The maximum Gasteiger partial charge on any atom is 0.269 e. The third-order valence-electron chi connectivity index (χ3n) is 3.95. The summed E-state index contributed by atoms with van der Waals surface area (Å²) in [6.45, 7) is 11.0. The lowest BCUT2D eigenvalue weighted by Crippen LogP contribution is -2.39. The molecule has 1 aromatic carbocycles. The molecule has 136 valence electrons. The Morgan fingerprint density at radius 2 is 1.96 bits per heavy atom. The number of thioether (sulfide) groups is 1. The zero-order valence-corrected chi connectivity index (χ0v) is 16.2. The van der Waals surface area contributed by atoms with E-state index in [2.05, 4.69) is 37.6 Å². The van der Waals surface area contributed by atoms with Gasteiger partial charge in [-0.05, 0) is 48.6 Å². The molecular formula is C18H25N3O3S. The average molecular weight is 363 g/mol. The molecule has 7 heteroatoms. The average Bonchev–Trinajstić information content (AvgIpc) is 2.76. The SMILES string of the molecule is Cc1cc([N+](=O)[O-])ccc1N=C1SC(=O)C(CC(C)C)N1CC(C)C. The molecule has 0 bridgehead atoms. The van der Waals surface area contributed by atoms with Gasteiger partial charge in [-0.25, -0.2) is 4.99 Å². The molecule has 1 heterocycles. The summed E-state index contributed by atoms with van der Waals surface area (Å²) in [5.74, 6) is 0.828. The number of nitro groups is 1. The zero-order valence-electron chi connectivity index (χ0n) is 15.4. The van der Waals surface area contributed by atoms with E-state index in [4.69, 9.17) is 0 Å². The fourth-order valence-corrected chi connectivity index (χ4v) is 3.82. The van der Waals surface area contributed by atoms with E-state index in [1.165, 1.54) is 23.9 Å². The Bertz CT molecular complexity index is 701. The van der Waals surface area contributed by atoms with E-state index >= 15 is 0 Å². The number of non-ortho nitro benzene ring substituents is 1. The normalized spacial score (nSPS) is 19.5. The van der Waals surface area contributed by atoms with Crippen LogP contribution < -0.4 is 0 Å². The molecule has 25 heavy (non-hydrogen) atoms. The fraction of sp³-hybridized carbons (Fsp3) is 0.556. The molecule has 1 aromatic rings. The summed E-state index contributed by atoms with van der Waals surface area (Å²) in [5.41, 5.74) is 1.44. The van der Waals surface area contributed by atoms with E-state index in [0.29, 0.717) is 22.7 Å². The molecule has 0 saturated carbocycles. The second-order valence-electron chi connectivity index (χ2n) is 7.23. The minimum absolute atomic E-state index is 0.0494. The van der Waals surface area contributed by atoms with Crippen LogP contribution in [0.15, 0.2) is 23.2 Å². The monoisotopic (exact) mass is 363 g/mol. The maximum atomic E-state index is 12.5. The Hall–Kier alpha value is -1.89. The highest BCUT2D eigenvalue weighted by molar-refractivity contribution is 8.26. The molecule has 1 unspecified atom stereocenters.